The molecule has 0 aliphatic rings. The van der Waals surface area contributed by atoms with Gasteiger partial charge in [0.15, 0.2) is 0 Å². The van der Waals surface area contributed by atoms with Gasteiger partial charge in [-0.1, -0.05) is 19.9 Å². The van der Waals surface area contributed by atoms with Gasteiger partial charge in [-0.3, -0.25) is 0 Å². The van der Waals surface area contributed by atoms with E-state index in [9.17, 15) is 0 Å². The normalized spacial score (nSPS) is 12.4. The minimum atomic E-state index is 0.316. The predicted molar refractivity (Wildman–Crippen MR) is 80.1 cm³/mol. The van der Waals surface area contributed by atoms with Crippen molar-refractivity contribution in [1.29, 1.82) is 0 Å². The molecule has 0 aromatic carbocycles. The number of hydrogen-bond acceptors (Lipinski definition) is 4. The highest BCUT2D eigenvalue weighted by molar-refractivity contribution is 9.10. The van der Waals surface area contributed by atoms with Crippen LogP contribution in [0.3, 0.4) is 0 Å². The molecule has 96 valence electrons. The van der Waals surface area contributed by atoms with Gasteiger partial charge >= 0.3 is 0 Å². The van der Waals surface area contributed by atoms with Gasteiger partial charge in [-0.25, -0.2) is 9.97 Å². The first kappa shape index (κ1) is 13.5. The molecule has 0 spiro atoms. The number of thiophene rings is 1. The maximum Gasteiger partial charge on any atom is 0.131 e. The van der Waals surface area contributed by atoms with E-state index in [1.54, 1.807) is 11.3 Å². The molecule has 0 aliphatic carbocycles. The molecule has 18 heavy (non-hydrogen) atoms. The average Bonchev–Trinajstić information content (AvgIpc) is 2.89. The summed E-state index contributed by atoms with van der Waals surface area (Å²) in [5, 5.41) is 5.58. The van der Waals surface area contributed by atoms with Crippen molar-refractivity contribution in [2.75, 3.05) is 5.32 Å². The van der Waals surface area contributed by atoms with Crippen LogP contribution in [0.25, 0.3) is 0 Å². The average molecular weight is 326 g/mol. The van der Waals surface area contributed by atoms with Gasteiger partial charge in [0.2, 0.25) is 0 Å². The Bertz CT molecular complexity index is 499. The number of halogens is 1. The first-order valence-corrected chi connectivity index (χ1v) is 7.73. The molecule has 0 amide bonds. The fourth-order valence-electron chi connectivity index (χ4n) is 1.74. The number of rotatable bonds is 5. The van der Waals surface area contributed by atoms with Crippen molar-refractivity contribution in [3.63, 3.8) is 0 Å². The van der Waals surface area contributed by atoms with Crippen molar-refractivity contribution in [2.45, 2.75) is 32.7 Å². The van der Waals surface area contributed by atoms with Gasteiger partial charge in [0, 0.05) is 17.4 Å². The second kappa shape index (κ2) is 6.29. The van der Waals surface area contributed by atoms with Crippen LogP contribution in [0.15, 0.2) is 28.2 Å². The van der Waals surface area contributed by atoms with Crippen molar-refractivity contribution in [2.24, 2.45) is 0 Å². The molecule has 3 nitrogen and oxygen atoms in total. The molecule has 1 unspecified atom stereocenters. The maximum atomic E-state index is 4.50. The highest BCUT2D eigenvalue weighted by Crippen LogP contribution is 2.26. The number of anilines is 1. The number of aromatic nitrogens is 2. The van der Waals surface area contributed by atoms with E-state index >= 15 is 0 Å². The maximum absolute atomic E-state index is 4.50. The van der Waals surface area contributed by atoms with Crippen LogP contribution in [0.5, 0.6) is 0 Å². The smallest absolute Gasteiger partial charge is 0.131 e. The number of aryl methyl sites for hydroxylation is 1. The van der Waals surface area contributed by atoms with E-state index in [0.717, 1.165) is 29.1 Å². The molecule has 1 N–H and O–H groups in total. The van der Waals surface area contributed by atoms with Gasteiger partial charge in [-0.05, 0) is 33.8 Å². The third kappa shape index (κ3) is 3.29. The van der Waals surface area contributed by atoms with Crippen molar-refractivity contribution in [3.8, 4) is 0 Å². The van der Waals surface area contributed by atoms with Crippen LogP contribution >= 0.6 is 27.3 Å². The van der Waals surface area contributed by atoms with Crippen LogP contribution in [0.4, 0.5) is 5.82 Å². The minimum absolute atomic E-state index is 0.316. The predicted octanol–water partition coefficient (Wildman–Crippen LogP) is 4.43. The van der Waals surface area contributed by atoms with E-state index in [1.807, 2.05) is 6.07 Å². The molecule has 0 fully saturated rings. The molecule has 2 aromatic heterocycles. The van der Waals surface area contributed by atoms with E-state index in [2.05, 4.69) is 62.6 Å². The number of nitrogens with zero attached hydrogens (tertiary/aromatic N) is 2. The lowest BCUT2D eigenvalue weighted by Crippen LogP contribution is -2.10. The zero-order valence-corrected chi connectivity index (χ0v) is 12.9. The van der Waals surface area contributed by atoms with Crippen molar-refractivity contribution >= 4 is 33.1 Å². The Morgan fingerprint density at radius 3 is 2.83 bits per heavy atom. The summed E-state index contributed by atoms with van der Waals surface area (Å²) < 4.78 is 0.831. The van der Waals surface area contributed by atoms with Crippen LogP contribution in [-0.2, 0) is 6.42 Å². The molecule has 2 rings (SSSR count). The van der Waals surface area contributed by atoms with Gasteiger partial charge in [0.1, 0.15) is 16.2 Å². The molecule has 0 saturated carbocycles. The molecule has 2 heterocycles. The lowest BCUT2D eigenvalue weighted by Gasteiger charge is -2.16. The molecule has 0 bridgehead atoms. The Labute approximate surface area is 120 Å². The van der Waals surface area contributed by atoms with Crippen LogP contribution in [-0.4, -0.2) is 9.97 Å². The Kier molecular flexibility index (Phi) is 4.72. The Hall–Kier alpha value is -0.940. The molecular weight excluding hydrogens is 310 g/mol. The molecule has 2 aromatic rings. The zero-order valence-electron chi connectivity index (χ0n) is 10.5. The van der Waals surface area contributed by atoms with Gasteiger partial charge in [-0.2, -0.15) is 0 Å². The standard InChI is InChI=1S/C13H16BrN3S/c1-3-9(10-6-5-7-18-10)15-13-8-11(14)16-12(4-2)17-13/h5-9H,3-4H2,1-2H3,(H,15,16,17). The summed E-state index contributed by atoms with van der Waals surface area (Å²) in [5.41, 5.74) is 0. The summed E-state index contributed by atoms with van der Waals surface area (Å²) in [4.78, 5) is 10.2. The van der Waals surface area contributed by atoms with E-state index in [1.165, 1.54) is 4.88 Å². The molecule has 0 aliphatic heterocycles. The quantitative estimate of drug-likeness (QED) is 0.826. The van der Waals surface area contributed by atoms with Crippen molar-refractivity contribution in [1.82, 2.24) is 9.97 Å². The molecule has 0 radical (unpaired) electrons. The highest BCUT2D eigenvalue weighted by Gasteiger charge is 2.11. The third-order valence-electron chi connectivity index (χ3n) is 2.67. The van der Waals surface area contributed by atoms with Gasteiger partial charge in [-0.15, -0.1) is 11.3 Å². The summed E-state index contributed by atoms with van der Waals surface area (Å²) in [7, 11) is 0. The largest absolute Gasteiger partial charge is 0.362 e. The van der Waals surface area contributed by atoms with Crippen LogP contribution < -0.4 is 5.32 Å². The number of hydrogen-bond donors (Lipinski definition) is 1. The lowest BCUT2D eigenvalue weighted by molar-refractivity contribution is 0.754. The van der Waals surface area contributed by atoms with Crippen LogP contribution in [0.2, 0.25) is 0 Å². The van der Waals surface area contributed by atoms with Crippen LogP contribution in [0.1, 0.15) is 37.0 Å². The molecule has 0 saturated heterocycles. The van der Waals surface area contributed by atoms with Gasteiger partial charge in [0.25, 0.3) is 0 Å². The summed E-state index contributed by atoms with van der Waals surface area (Å²) in [6.45, 7) is 4.23. The van der Waals surface area contributed by atoms with E-state index in [-0.39, 0.29) is 0 Å². The monoisotopic (exact) mass is 325 g/mol. The summed E-state index contributed by atoms with van der Waals surface area (Å²) in [6, 6.07) is 6.48. The van der Waals surface area contributed by atoms with Crippen LogP contribution in [0, 0.1) is 0 Å². The summed E-state index contributed by atoms with van der Waals surface area (Å²) in [5.74, 6) is 1.74. The second-order valence-electron chi connectivity index (χ2n) is 3.97. The Morgan fingerprint density at radius 2 is 2.22 bits per heavy atom. The number of nitrogens with one attached hydrogen (secondary N) is 1. The van der Waals surface area contributed by atoms with E-state index < -0.39 is 0 Å². The van der Waals surface area contributed by atoms with E-state index in [4.69, 9.17) is 0 Å². The fourth-order valence-corrected chi connectivity index (χ4v) is 3.02. The first-order chi connectivity index (χ1) is 8.72. The Morgan fingerprint density at radius 1 is 1.39 bits per heavy atom. The summed E-state index contributed by atoms with van der Waals surface area (Å²) in [6.07, 6.45) is 1.87. The topological polar surface area (TPSA) is 37.8 Å². The minimum Gasteiger partial charge on any atom is -0.362 e. The fraction of sp³-hybridized carbons (Fsp3) is 0.385. The molecular formula is C13H16BrN3S. The SMILES string of the molecule is CCc1nc(Br)cc(NC(CC)c2cccs2)n1. The third-order valence-corrected chi connectivity index (χ3v) is 4.07. The molecule has 1 atom stereocenters. The van der Waals surface area contributed by atoms with Crippen molar-refractivity contribution in [3.05, 3.63) is 38.9 Å². The first-order valence-electron chi connectivity index (χ1n) is 6.06. The van der Waals surface area contributed by atoms with Crippen molar-refractivity contribution < 1.29 is 0 Å². The second-order valence-corrected chi connectivity index (χ2v) is 5.76. The van der Waals surface area contributed by atoms with Gasteiger partial charge in [0.05, 0.1) is 6.04 Å². The van der Waals surface area contributed by atoms with Gasteiger partial charge < -0.3 is 5.32 Å². The highest BCUT2D eigenvalue weighted by atomic mass is 79.9. The summed E-state index contributed by atoms with van der Waals surface area (Å²) >= 11 is 5.20. The zero-order chi connectivity index (χ0) is 13.0. The lowest BCUT2D eigenvalue weighted by atomic mass is 10.2. The van der Waals surface area contributed by atoms with E-state index in [0.29, 0.717) is 6.04 Å². The Balaban J connectivity index is 2.19. The molecule has 5 heteroatoms.